The maximum absolute atomic E-state index is 2.48. The summed E-state index contributed by atoms with van der Waals surface area (Å²) in [7, 11) is 0. The molecule has 0 unspecified atom stereocenters. The lowest BCUT2D eigenvalue weighted by Gasteiger charge is -2.24. The van der Waals surface area contributed by atoms with E-state index in [0.717, 1.165) is 0 Å². The zero-order chi connectivity index (χ0) is 42.8. The van der Waals surface area contributed by atoms with Gasteiger partial charge in [-0.15, -0.1) is 0 Å². The van der Waals surface area contributed by atoms with Gasteiger partial charge in [-0.1, -0.05) is 205 Å². The molecule has 0 spiro atoms. The van der Waals surface area contributed by atoms with Crippen molar-refractivity contribution in [2.45, 2.75) is 57.8 Å². The van der Waals surface area contributed by atoms with E-state index in [1.54, 1.807) is 0 Å². The third-order valence-electron chi connectivity index (χ3n) is 15.1. The van der Waals surface area contributed by atoms with Crippen molar-refractivity contribution in [1.82, 2.24) is 0 Å². The van der Waals surface area contributed by atoms with Gasteiger partial charge in [0, 0.05) is 16.2 Å². The van der Waals surface area contributed by atoms with Gasteiger partial charge in [-0.2, -0.15) is 0 Å². The highest BCUT2D eigenvalue weighted by Gasteiger charge is 2.39. The van der Waals surface area contributed by atoms with Gasteiger partial charge in [-0.3, -0.25) is 0 Å². The van der Waals surface area contributed by atoms with E-state index in [1.165, 1.54) is 122 Å². The molecule has 0 saturated heterocycles. The molecule has 9 aromatic rings. The van der Waals surface area contributed by atoms with Crippen LogP contribution in [0.25, 0.3) is 89.0 Å². The normalized spacial score (nSPS) is 15.2. The minimum Gasteiger partial charge on any atom is -0.0622 e. The fourth-order valence-corrected chi connectivity index (χ4v) is 11.6. The molecule has 3 aliphatic rings. The molecule has 0 heteroatoms. The Bertz CT molecular complexity index is 3280. The molecule has 63 heavy (non-hydrogen) atoms. The highest BCUT2D eigenvalue weighted by molar-refractivity contribution is 5.97. The Morgan fingerprint density at radius 1 is 0.206 bits per heavy atom. The average molecular weight is 807 g/mol. The SMILES string of the molecule is CC1(C)c2ccccc2-c2ccc(-c3ccc4c(c3)C(C)(C)c3cc(-c5ccc6c(c5)C(C)(C)c5cc(-c7c(-c8ccccc8)cccc7-c7ccccc7)ccc5-6)ccc3-4)cc21. The number of benzene rings is 9. The highest BCUT2D eigenvalue weighted by Crippen LogP contribution is 2.55. The molecule has 9 aromatic carbocycles. The Morgan fingerprint density at radius 3 is 0.889 bits per heavy atom. The van der Waals surface area contributed by atoms with Crippen LogP contribution in [0, 0.1) is 0 Å². The smallest absolute Gasteiger partial charge is 0.0159 e. The summed E-state index contributed by atoms with van der Waals surface area (Å²) in [6.45, 7) is 14.4. The Hall–Kier alpha value is -7.02. The fourth-order valence-electron chi connectivity index (χ4n) is 11.6. The summed E-state index contributed by atoms with van der Waals surface area (Å²) >= 11 is 0. The molecule has 0 fully saturated rings. The van der Waals surface area contributed by atoms with Crippen LogP contribution >= 0.6 is 0 Å². The van der Waals surface area contributed by atoms with Crippen LogP contribution in [0.2, 0.25) is 0 Å². The molecule has 302 valence electrons. The van der Waals surface area contributed by atoms with Crippen molar-refractivity contribution in [3.05, 3.63) is 228 Å². The second-order valence-corrected chi connectivity index (χ2v) is 19.7. The van der Waals surface area contributed by atoms with Crippen LogP contribution in [0.15, 0.2) is 194 Å². The van der Waals surface area contributed by atoms with Crippen LogP contribution in [0.3, 0.4) is 0 Å². The zero-order valence-corrected chi connectivity index (χ0v) is 37.0. The second kappa shape index (κ2) is 13.5. The summed E-state index contributed by atoms with van der Waals surface area (Å²) in [5, 5.41) is 0. The molecular weight excluding hydrogens is 757 g/mol. The molecule has 0 nitrogen and oxygen atoms in total. The summed E-state index contributed by atoms with van der Waals surface area (Å²) in [6, 6.07) is 73.2. The Kier molecular flexibility index (Phi) is 8.08. The first-order valence-electron chi connectivity index (χ1n) is 22.6. The maximum Gasteiger partial charge on any atom is 0.0159 e. The average Bonchev–Trinajstić information content (AvgIpc) is 3.80. The third-order valence-corrected chi connectivity index (χ3v) is 15.1. The molecule has 0 aromatic heterocycles. The quantitative estimate of drug-likeness (QED) is 0.163. The van der Waals surface area contributed by atoms with Crippen LogP contribution in [0.1, 0.15) is 74.9 Å². The maximum atomic E-state index is 2.48. The van der Waals surface area contributed by atoms with Gasteiger partial charge in [0.1, 0.15) is 0 Å². The molecule has 0 amide bonds. The van der Waals surface area contributed by atoms with E-state index < -0.39 is 0 Å². The Morgan fingerprint density at radius 2 is 0.492 bits per heavy atom. The van der Waals surface area contributed by atoms with E-state index >= 15 is 0 Å². The molecule has 0 saturated carbocycles. The highest BCUT2D eigenvalue weighted by atomic mass is 14.4. The van der Waals surface area contributed by atoms with Crippen LogP contribution < -0.4 is 0 Å². The molecule has 0 heterocycles. The van der Waals surface area contributed by atoms with Crippen molar-refractivity contribution in [1.29, 1.82) is 0 Å². The molecule has 0 aliphatic heterocycles. The van der Waals surface area contributed by atoms with E-state index in [1.807, 2.05) is 0 Å². The van der Waals surface area contributed by atoms with Gasteiger partial charge in [0.2, 0.25) is 0 Å². The number of rotatable bonds is 5. The van der Waals surface area contributed by atoms with Crippen molar-refractivity contribution in [2.75, 3.05) is 0 Å². The minimum absolute atomic E-state index is 0.0234. The molecule has 0 radical (unpaired) electrons. The molecule has 0 bridgehead atoms. The predicted molar refractivity (Wildman–Crippen MR) is 266 cm³/mol. The lowest BCUT2D eigenvalue weighted by molar-refractivity contribution is 0.659. The van der Waals surface area contributed by atoms with Gasteiger partial charge in [-0.05, 0) is 153 Å². The van der Waals surface area contributed by atoms with E-state index in [2.05, 4.69) is 236 Å². The lowest BCUT2D eigenvalue weighted by Crippen LogP contribution is -2.16. The standard InChI is InChI=1S/C63H50/c1-61(2)54-23-14-13-20-48(54)49-29-24-41(34-55(49)61)42-25-30-50-51-31-26-43(36-57(51)62(3,4)56(50)35-42)44-27-32-52-53-33-28-45(38-59(53)63(5,6)58(52)37-44)60-46(39-16-9-7-10-17-39)21-15-22-47(60)40-18-11-8-12-19-40/h7-38H,1-6H3. The summed E-state index contributed by atoms with van der Waals surface area (Å²) < 4.78 is 0. The molecule has 12 rings (SSSR count). The zero-order valence-electron chi connectivity index (χ0n) is 37.0. The first kappa shape index (κ1) is 37.7. The predicted octanol–water partition coefficient (Wildman–Crippen LogP) is 16.9. The summed E-state index contributed by atoms with van der Waals surface area (Å²) in [5.74, 6) is 0. The van der Waals surface area contributed by atoms with Crippen molar-refractivity contribution >= 4 is 0 Å². The number of hydrogen-bond acceptors (Lipinski definition) is 0. The monoisotopic (exact) mass is 806 g/mol. The molecular formula is C63H50. The van der Waals surface area contributed by atoms with E-state index in [4.69, 9.17) is 0 Å². The van der Waals surface area contributed by atoms with Crippen molar-refractivity contribution in [3.63, 3.8) is 0 Å². The van der Waals surface area contributed by atoms with Gasteiger partial charge >= 0.3 is 0 Å². The van der Waals surface area contributed by atoms with Crippen LogP contribution in [0.4, 0.5) is 0 Å². The van der Waals surface area contributed by atoms with Crippen molar-refractivity contribution < 1.29 is 0 Å². The van der Waals surface area contributed by atoms with Gasteiger partial charge in [0.15, 0.2) is 0 Å². The van der Waals surface area contributed by atoms with Gasteiger partial charge in [0.05, 0.1) is 0 Å². The fraction of sp³-hybridized carbons (Fsp3) is 0.143. The molecule has 0 atom stereocenters. The number of hydrogen-bond donors (Lipinski definition) is 0. The summed E-state index contributed by atoms with van der Waals surface area (Å²) in [4.78, 5) is 0. The topological polar surface area (TPSA) is 0 Å². The third kappa shape index (κ3) is 5.53. The minimum atomic E-state index is -0.177. The second-order valence-electron chi connectivity index (χ2n) is 19.7. The van der Waals surface area contributed by atoms with E-state index in [0.29, 0.717) is 0 Å². The Balaban J connectivity index is 0.891. The van der Waals surface area contributed by atoms with E-state index in [9.17, 15) is 0 Å². The largest absolute Gasteiger partial charge is 0.0622 e. The number of fused-ring (bicyclic) bond motifs is 9. The Labute approximate surface area is 372 Å². The molecule has 0 N–H and O–H groups in total. The first-order chi connectivity index (χ1) is 30.5. The molecule has 3 aliphatic carbocycles. The first-order valence-corrected chi connectivity index (χ1v) is 22.6. The summed E-state index contributed by atoms with van der Waals surface area (Å²) in [6.07, 6.45) is 0. The van der Waals surface area contributed by atoms with Crippen LogP contribution in [0.5, 0.6) is 0 Å². The van der Waals surface area contributed by atoms with Crippen molar-refractivity contribution in [3.8, 4) is 89.0 Å². The van der Waals surface area contributed by atoms with Crippen molar-refractivity contribution in [2.24, 2.45) is 0 Å². The van der Waals surface area contributed by atoms with Crippen LogP contribution in [-0.2, 0) is 16.2 Å². The van der Waals surface area contributed by atoms with Crippen LogP contribution in [-0.4, -0.2) is 0 Å². The van der Waals surface area contributed by atoms with E-state index in [-0.39, 0.29) is 16.2 Å². The summed E-state index contributed by atoms with van der Waals surface area (Å²) in [5.41, 5.74) is 28.8. The lowest BCUT2D eigenvalue weighted by atomic mass is 9.79. The van der Waals surface area contributed by atoms with Gasteiger partial charge < -0.3 is 0 Å². The van der Waals surface area contributed by atoms with Gasteiger partial charge in [-0.25, -0.2) is 0 Å². The van der Waals surface area contributed by atoms with Gasteiger partial charge in [0.25, 0.3) is 0 Å².